The van der Waals surface area contributed by atoms with Gasteiger partial charge in [-0.3, -0.25) is 0 Å². The number of nitrogens with two attached hydrogens (primary N) is 1. The van der Waals surface area contributed by atoms with Gasteiger partial charge in [-0.2, -0.15) is 0 Å². The van der Waals surface area contributed by atoms with E-state index in [0.29, 0.717) is 0 Å². The molecular weight excluding hydrogens is 430 g/mol. The topological polar surface area (TPSA) is 153 Å². The number of halogens is 2. The summed E-state index contributed by atoms with van der Waals surface area (Å²) in [5, 5.41) is 31.9. The molecule has 1 fully saturated rings. The largest absolute Gasteiger partial charge is 0.356 e. The van der Waals surface area contributed by atoms with Crippen molar-refractivity contribution in [3.63, 3.8) is 0 Å². The average molecular weight is 454 g/mol. The third kappa shape index (κ3) is 11.5. The maximum atomic E-state index is 13.2. The summed E-state index contributed by atoms with van der Waals surface area (Å²) < 4.78 is 26.4. The highest BCUT2D eigenvalue weighted by Crippen LogP contribution is 2.24. The molecule has 0 aliphatic carbocycles. The second-order valence-corrected chi connectivity index (χ2v) is 6.73. The van der Waals surface area contributed by atoms with E-state index in [-0.39, 0.29) is 11.6 Å². The van der Waals surface area contributed by atoms with Crippen LogP contribution in [-0.2, 0) is 0 Å². The molecule has 1 heterocycles. The number of hydrogen-bond donors (Lipinski definition) is 2. The molecule has 3 N–H and O–H groups in total. The summed E-state index contributed by atoms with van der Waals surface area (Å²) in [4.78, 5) is 18.1. The van der Waals surface area contributed by atoms with Crippen molar-refractivity contribution < 1.29 is 29.2 Å². The van der Waals surface area contributed by atoms with E-state index in [4.69, 9.17) is 30.6 Å². The van der Waals surface area contributed by atoms with Crippen molar-refractivity contribution >= 4 is 5.57 Å². The van der Waals surface area contributed by atoms with E-state index < -0.39 is 10.2 Å². The highest BCUT2D eigenvalue weighted by Gasteiger charge is 2.14. The van der Waals surface area contributed by atoms with Gasteiger partial charge in [-0.25, -0.2) is 8.78 Å². The molecule has 1 aliphatic rings. The highest BCUT2D eigenvalue weighted by atomic mass is 19.1. The Morgan fingerprint density at radius 1 is 0.844 bits per heavy atom. The van der Waals surface area contributed by atoms with E-state index in [0.717, 1.165) is 29.7 Å². The minimum atomic E-state index is -1.75. The van der Waals surface area contributed by atoms with Crippen LogP contribution in [0.4, 0.5) is 8.78 Å². The van der Waals surface area contributed by atoms with Crippen LogP contribution in [0.5, 0.6) is 0 Å². The van der Waals surface area contributed by atoms with Gasteiger partial charge in [0, 0.05) is 6.42 Å². The van der Waals surface area contributed by atoms with Gasteiger partial charge in [0.25, 0.3) is 0 Å². The first kappa shape index (κ1) is 26.4. The quantitative estimate of drug-likeness (QED) is 0.503. The summed E-state index contributed by atoms with van der Waals surface area (Å²) in [5.74, 6) is -0.488. The zero-order valence-electron chi connectivity index (χ0n) is 17.1. The average Bonchev–Trinajstić information content (AvgIpc) is 2.73. The summed E-state index contributed by atoms with van der Waals surface area (Å²) in [6.07, 6.45) is 3.16. The maximum Gasteiger partial charge on any atom is 0.127 e. The molecule has 0 unspecified atom stereocenters. The van der Waals surface area contributed by atoms with Crippen molar-refractivity contribution in [1.29, 1.82) is 0 Å². The Morgan fingerprint density at radius 3 is 1.59 bits per heavy atom. The third-order valence-electron chi connectivity index (χ3n) is 4.56. The molecule has 174 valence electrons. The van der Waals surface area contributed by atoms with Crippen LogP contribution in [0.25, 0.3) is 5.57 Å². The predicted octanol–water partition coefficient (Wildman–Crippen LogP) is 0.770. The first-order valence-electron chi connectivity index (χ1n) is 9.69. The van der Waals surface area contributed by atoms with Crippen LogP contribution >= 0.6 is 0 Å². The Bertz CT molecular complexity index is 805. The molecule has 0 atom stereocenters. The summed E-state index contributed by atoms with van der Waals surface area (Å²) in [6.45, 7) is 5.90. The van der Waals surface area contributed by atoms with Gasteiger partial charge in [-0.15, -0.1) is 0 Å². The molecule has 0 radical (unpaired) electrons. The van der Waals surface area contributed by atoms with Crippen molar-refractivity contribution in [3.8, 4) is 0 Å². The molecule has 2 aromatic rings. The van der Waals surface area contributed by atoms with Gasteiger partial charge in [-0.1, -0.05) is 30.3 Å². The predicted molar refractivity (Wildman–Crippen MR) is 112 cm³/mol. The van der Waals surface area contributed by atoms with Gasteiger partial charge in [-0.05, 0) is 41.0 Å². The molecule has 2 aromatic carbocycles. The van der Waals surface area contributed by atoms with Gasteiger partial charge in [0.1, 0.15) is 37.8 Å². The zero-order valence-corrected chi connectivity index (χ0v) is 17.1. The number of benzene rings is 2. The van der Waals surface area contributed by atoms with Gasteiger partial charge >= 0.3 is 0 Å². The first-order valence-corrected chi connectivity index (χ1v) is 9.69. The molecule has 0 amide bonds. The third-order valence-corrected chi connectivity index (χ3v) is 4.56. The Hall–Kier alpha value is -3.64. The van der Waals surface area contributed by atoms with Crippen molar-refractivity contribution in [1.82, 2.24) is 0 Å². The lowest BCUT2D eigenvalue weighted by atomic mass is 9.96. The van der Waals surface area contributed by atoms with Crippen LogP contribution in [0.2, 0.25) is 0 Å². The fraction of sp³-hybridized carbons (Fsp3) is 0.300. The number of nitrogens with zero attached hydrogens (tertiary/aromatic N) is 2. The number of nitrogens with one attached hydrogen (secondary N) is 1. The van der Waals surface area contributed by atoms with E-state index in [1.165, 1.54) is 50.4 Å². The lowest BCUT2D eigenvalue weighted by Crippen LogP contribution is -3.20. The van der Waals surface area contributed by atoms with Gasteiger partial charge in [0.15, 0.2) is 0 Å². The van der Waals surface area contributed by atoms with Crippen LogP contribution in [0.3, 0.4) is 0 Å². The molecule has 12 heteroatoms. The zero-order chi connectivity index (χ0) is 23.9. The Kier molecular flexibility index (Phi) is 11.9. The van der Waals surface area contributed by atoms with E-state index in [2.05, 4.69) is 11.4 Å². The lowest BCUT2D eigenvalue weighted by Gasteiger charge is -2.21. The highest BCUT2D eigenvalue weighted by molar-refractivity contribution is 5.79. The number of piperazine rings is 1. The molecule has 0 aromatic heterocycles. The summed E-state index contributed by atoms with van der Waals surface area (Å²) in [6, 6.07) is 13.0. The van der Waals surface area contributed by atoms with Crippen LogP contribution in [0, 0.1) is 42.3 Å². The van der Waals surface area contributed by atoms with Crippen LogP contribution < -0.4 is 10.2 Å². The Balaban J connectivity index is 0.000000554. The smallest absolute Gasteiger partial charge is 0.127 e. The molecule has 32 heavy (non-hydrogen) atoms. The Morgan fingerprint density at radius 2 is 1.22 bits per heavy atom. The van der Waals surface area contributed by atoms with E-state index in [9.17, 15) is 8.78 Å². The van der Waals surface area contributed by atoms with E-state index >= 15 is 0 Å². The SMILES string of the molecule is Fc1ccc(C(=CCC[NH+]2CC[NH2+]CC2)c2ccc(F)cc2)cc1.O=[N+]([O-])[O-].O=[N+]([O-])[O-]. The normalized spacial score (nSPS) is 12.9. The maximum absolute atomic E-state index is 13.2. The number of hydrogen-bond acceptors (Lipinski definition) is 6. The first-order chi connectivity index (χ1) is 15.2. The standard InChI is InChI=1S/C20H22F2N2.2NO3/c21-18-7-3-16(4-8-18)20(17-5-9-19(22)10-6-17)2-1-13-24-14-11-23-12-15-24;2*2-1(3)4/h2-10,23H,1,11-15H2;;/q;2*-1/p+2. The second kappa shape index (κ2) is 14.4. The minimum Gasteiger partial charge on any atom is -0.356 e. The van der Waals surface area contributed by atoms with Gasteiger partial charge in [0.2, 0.25) is 0 Å². The minimum absolute atomic E-state index is 0.244. The molecule has 0 spiro atoms. The Labute approximate surface area is 182 Å². The summed E-state index contributed by atoms with van der Waals surface area (Å²) >= 11 is 0. The number of rotatable bonds is 5. The second-order valence-electron chi connectivity index (χ2n) is 6.73. The molecule has 3 rings (SSSR count). The van der Waals surface area contributed by atoms with Crippen molar-refractivity contribution in [2.75, 3.05) is 32.7 Å². The van der Waals surface area contributed by atoms with E-state index in [1.807, 2.05) is 0 Å². The van der Waals surface area contributed by atoms with Crippen LogP contribution in [0.1, 0.15) is 17.5 Å². The molecule has 0 bridgehead atoms. The fourth-order valence-corrected chi connectivity index (χ4v) is 3.21. The monoisotopic (exact) mass is 454 g/mol. The summed E-state index contributed by atoms with van der Waals surface area (Å²) in [7, 11) is 0. The molecular formula is C20H24F2N4O6. The van der Waals surface area contributed by atoms with Crippen molar-refractivity contribution in [3.05, 3.63) is 108 Å². The number of quaternary nitrogens is 2. The van der Waals surface area contributed by atoms with Gasteiger partial charge < -0.3 is 40.9 Å². The van der Waals surface area contributed by atoms with Crippen molar-refractivity contribution in [2.24, 2.45) is 0 Å². The molecule has 10 nitrogen and oxygen atoms in total. The van der Waals surface area contributed by atoms with Crippen molar-refractivity contribution in [2.45, 2.75) is 6.42 Å². The van der Waals surface area contributed by atoms with E-state index in [1.54, 1.807) is 29.2 Å². The van der Waals surface area contributed by atoms with Crippen LogP contribution in [-0.4, -0.2) is 42.9 Å². The lowest BCUT2D eigenvalue weighted by molar-refractivity contribution is -0.946. The fourth-order valence-electron chi connectivity index (χ4n) is 3.21. The molecule has 0 saturated carbocycles. The molecule has 1 saturated heterocycles. The van der Waals surface area contributed by atoms with Gasteiger partial charge in [0.05, 0.1) is 16.7 Å². The van der Waals surface area contributed by atoms with Crippen LogP contribution in [0.15, 0.2) is 54.6 Å². The summed E-state index contributed by atoms with van der Waals surface area (Å²) in [5.41, 5.74) is 2.97. The molecule has 1 aliphatic heterocycles.